The SMILES string of the molecule is CN(C)P(=O)(N(C)C)N(C)C.CN(C)P(=O)(N(C)C)N(C)C.CN(C)P(=O)(N(C)C)N(C)C.CN(C)P(=O)(N(C)C)N(C)C.[Yb+2].c1ccc([N-]C(c2ccccc2)c2ccccc2)cc1.c1ccc([N-]c2ccccc2)cc1. The molecule has 5 aromatic carbocycles. The van der Waals surface area contributed by atoms with E-state index in [0.29, 0.717) is 0 Å². The molecule has 446 valence electrons. The zero-order valence-corrected chi connectivity index (χ0v) is 56.8. The molecule has 0 aliphatic carbocycles. The first-order valence-electron chi connectivity index (χ1n) is 24.9. The average molecular weight is 1320 g/mol. The van der Waals surface area contributed by atoms with Gasteiger partial charge in [0, 0.05) is 0 Å². The number of nitrogens with zero attached hydrogens (tertiary/aromatic N) is 14. The fraction of sp³-hybridized carbons (Fsp3) is 0.455. The molecule has 18 nitrogen and oxygen atoms in total. The second kappa shape index (κ2) is 38.4. The zero-order chi connectivity index (χ0) is 59.5. The van der Waals surface area contributed by atoms with E-state index < -0.39 is 30.4 Å². The summed E-state index contributed by atoms with van der Waals surface area (Å²) in [4.78, 5) is 0. The van der Waals surface area contributed by atoms with Crippen LogP contribution in [-0.2, 0) is 18.3 Å². The van der Waals surface area contributed by atoms with Crippen LogP contribution in [0.1, 0.15) is 17.2 Å². The Kier molecular flexibility index (Phi) is 38.3. The molecule has 5 rings (SSSR count). The van der Waals surface area contributed by atoms with Crippen LogP contribution in [0.15, 0.2) is 152 Å². The number of hydrogen-bond acceptors (Lipinski definition) is 4. The monoisotopic (exact) mass is 1320 g/mol. The summed E-state index contributed by atoms with van der Waals surface area (Å²) in [6.45, 7) is 0. The van der Waals surface area contributed by atoms with E-state index in [0.717, 1.165) is 17.1 Å². The molecule has 5 aromatic rings. The molecule has 0 aliphatic rings. The van der Waals surface area contributed by atoms with E-state index in [1.54, 1.807) is 56.0 Å². The fourth-order valence-electron chi connectivity index (χ4n) is 7.72. The predicted molar refractivity (Wildman–Crippen MR) is 334 cm³/mol. The number of para-hydroxylation sites is 3. The van der Waals surface area contributed by atoms with Gasteiger partial charge in [-0.2, -0.15) is 0 Å². The Morgan fingerprint density at radius 3 is 0.564 bits per heavy atom. The molecule has 0 radical (unpaired) electrons. The Morgan fingerprint density at radius 1 is 0.256 bits per heavy atom. The maximum atomic E-state index is 12.1. The second-order valence-electron chi connectivity index (χ2n) is 19.7. The fourth-order valence-corrected chi connectivity index (χ4v) is 16.3. The van der Waals surface area contributed by atoms with Gasteiger partial charge >= 0.3 is 46.9 Å². The van der Waals surface area contributed by atoms with Crippen molar-refractivity contribution in [3.05, 3.63) is 173 Å². The minimum atomic E-state index is -2.44. The maximum absolute atomic E-state index is 12.1. The van der Waals surface area contributed by atoms with E-state index in [-0.39, 0.29) is 53.0 Å². The minimum Gasteiger partial charge on any atom is -0.674 e. The van der Waals surface area contributed by atoms with Crippen LogP contribution in [0.5, 0.6) is 0 Å². The molecule has 0 saturated heterocycles. The zero-order valence-electron chi connectivity index (χ0n) is 51.5. The Balaban J connectivity index is 0. The van der Waals surface area contributed by atoms with Crippen LogP contribution in [0.4, 0.5) is 17.1 Å². The van der Waals surface area contributed by atoms with Gasteiger partial charge in [-0.3, -0.25) is 18.3 Å². The smallest absolute Gasteiger partial charge is 0.674 e. The Hall–Kier alpha value is -2.34. The number of hydrogen-bond donors (Lipinski definition) is 0. The molecule has 0 aliphatic heterocycles. The summed E-state index contributed by atoms with van der Waals surface area (Å²) >= 11 is 0. The molecule has 0 atom stereocenters. The minimum absolute atomic E-state index is 0. The summed E-state index contributed by atoms with van der Waals surface area (Å²) in [5.41, 5.74) is 5.41. The molecule has 0 bridgehead atoms. The molecule has 0 amide bonds. The maximum Gasteiger partial charge on any atom is 2.00 e. The van der Waals surface area contributed by atoms with Gasteiger partial charge < -0.3 is 10.6 Å². The molecular formula is C55H98N14O4P4Yb. The van der Waals surface area contributed by atoms with E-state index in [1.165, 1.54) is 11.1 Å². The summed E-state index contributed by atoms with van der Waals surface area (Å²) in [5.74, 6) is 0. The molecule has 0 heterocycles. The van der Waals surface area contributed by atoms with Gasteiger partial charge in [-0.15, -0.1) is 17.1 Å². The van der Waals surface area contributed by atoms with Gasteiger partial charge in [-0.05, 0) is 169 Å². The summed E-state index contributed by atoms with van der Waals surface area (Å²) in [5, 5.41) is 9.34. The van der Waals surface area contributed by atoms with E-state index in [4.69, 9.17) is 5.32 Å². The van der Waals surface area contributed by atoms with Crippen molar-refractivity contribution in [2.45, 2.75) is 6.04 Å². The Morgan fingerprint density at radius 2 is 0.410 bits per heavy atom. The van der Waals surface area contributed by atoms with Crippen molar-refractivity contribution >= 4 is 47.4 Å². The molecule has 0 fully saturated rings. The topological polar surface area (TPSA) is 135 Å². The van der Waals surface area contributed by atoms with Crippen molar-refractivity contribution in [2.24, 2.45) is 0 Å². The predicted octanol–water partition coefficient (Wildman–Crippen LogP) is 12.6. The van der Waals surface area contributed by atoms with E-state index in [2.05, 4.69) is 53.8 Å². The van der Waals surface area contributed by atoms with Gasteiger partial charge in [-0.1, -0.05) is 169 Å². The van der Waals surface area contributed by atoms with Crippen LogP contribution in [0.3, 0.4) is 0 Å². The number of rotatable bonds is 18. The summed E-state index contributed by atoms with van der Waals surface area (Å²) in [6, 6.07) is 50.9. The largest absolute Gasteiger partial charge is 2.00 e. The standard InChI is InChI=1S/C19H16N.C12H10N.4C6H18N3OP.Yb/c1-4-10-16(11-5-1)19(17-12-6-2-7-13-17)20-18-14-8-3-9-15-18;1-3-7-11(8-4-1)13-12-9-5-2-6-10-12;4*1-7(2)11(10,8(3)4)9(5)6;/h1-15,19H;1-10H;4*1-6H3;/q2*-1;;;;;+2. The van der Waals surface area contributed by atoms with Gasteiger partial charge in [-0.25, -0.2) is 56.0 Å². The Labute approximate surface area is 513 Å². The molecular weight excluding hydrogens is 1220 g/mol. The van der Waals surface area contributed by atoms with Crippen LogP contribution in [0.2, 0.25) is 0 Å². The van der Waals surface area contributed by atoms with Gasteiger partial charge in [0.2, 0.25) is 0 Å². The second-order valence-corrected chi connectivity index (χ2v) is 33.4. The third kappa shape index (κ3) is 24.6. The van der Waals surface area contributed by atoms with Crippen LogP contribution in [0, 0.1) is 46.9 Å². The molecule has 0 spiro atoms. The summed E-state index contributed by atoms with van der Waals surface area (Å²) < 4.78 is 69.3. The van der Waals surface area contributed by atoms with Crippen molar-refractivity contribution in [2.75, 3.05) is 169 Å². The van der Waals surface area contributed by atoms with Crippen molar-refractivity contribution in [1.29, 1.82) is 0 Å². The first kappa shape index (κ1) is 77.7. The normalized spacial score (nSPS) is 11.9. The van der Waals surface area contributed by atoms with Gasteiger partial charge in [0.1, 0.15) is 0 Å². The van der Waals surface area contributed by atoms with Crippen molar-refractivity contribution < 1.29 is 65.2 Å². The van der Waals surface area contributed by atoms with Crippen molar-refractivity contribution in [3.8, 4) is 0 Å². The molecule has 0 N–H and O–H groups in total. The molecule has 0 saturated carbocycles. The Bertz CT molecular complexity index is 2170. The molecule has 78 heavy (non-hydrogen) atoms. The van der Waals surface area contributed by atoms with Crippen molar-refractivity contribution in [3.63, 3.8) is 0 Å². The van der Waals surface area contributed by atoms with Crippen LogP contribution < -0.4 is 0 Å². The average Bonchev–Trinajstić information content (AvgIpc) is 3.38. The van der Waals surface area contributed by atoms with E-state index in [1.807, 2.05) is 272 Å². The van der Waals surface area contributed by atoms with E-state index in [9.17, 15) is 18.3 Å². The van der Waals surface area contributed by atoms with Crippen molar-refractivity contribution in [1.82, 2.24) is 56.0 Å². The third-order valence-electron chi connectivity index (χ3n) is 11.3. The summed E-state index contributed by atoms with van der Waals surface area (Å²) in [7, 11) is 33.9. The van der Waals surface area contributed by atoms with Crippen LogP contribution >= 0.6 is 30.4 Å². The molecule has 23 heteroatoms. The van der Waals surface area contributed by atoms with Crippen LogP contribution in [-0.4, -0.2) is 225 Å². The molecule has 0 unspecified atom stereocenters. The quantitative estimate of drug-likeness (QED) is 0.0769. The first-order valence-corrected chi connectivity index (χ1v) is 31.2. The summed E-state index contributed by atoms with van der Waals surface area (Å²) in [6.07, 6.45) is 0. The van der Waals surface area contributed by atoms with Gasteiger partial charge in [0.25, 0.3) is 30.4 Å². The number of benzene rings is 5. The molecule has 0 aromatic heterocycles. The van der Waals surface area contributed by atoms with Gasteiger partial charge in [0.15, 0.2) is 0 Å². The van der Waals surface area contributed by atoms with Crippen LogP contribution in [0.25, 0.3) is 10.6 Å². The van der Waals surface area contributed by atoms with Gasteiger partial charge in [0.05, 0.1) is 0 Å². The van der Waals surface area contributed by atoms with E-state index >= 15 is 0 Å². The third-order valence-corrected chi connectivity index (χ3v) is 23.8. The first-order chi connectivity index (χ1) is 35.7.